The molecule has 0 bridgehead atoms. The molecule has 0 radical (unpaired) electrons. The van der Waals surface area contributed by atoms with Crippen LogP contribution in [0.25, 0.3) is 11.0 Å². The Morgan fingerprint density at radius 3 is 2.70 bits per heavy atom. The van der Waals surface area contributed by atoms with Crippen molar-refractivity contribution in [3.8, 4) is 5.75 Å². The molecule has 0 unspecified atom stereocenters. The zero-order valence-electron chi connectivity index (χ0n) is 13.4. The van der Waals surface area contributed by atoms with Crippen LogP contribution in [-0.2, 0) is 13.2 Å². The third-order valence-electron chi connectivity index (χ3n) is 3.91. The highest BCUT2D eigenvalue weighted by molar-refractivity contribution is 5.76. The van der Waals surface area contributed by atoms with E-state index in [1.54, 1.807) is 0 Å². The predicted octanol–water partition coefficient (Wildman–Crippen LogP) is 3.70. The first-order chi connectivity index (χ1) is 11.3. The number of aliphatic hydroxyl groups excluding tert-OH is 1. The lowest BCUT2D eigenvalue weighted by molar-refractivity contribution is 0.263. The van der Waals surface area contributed by atoms with Gasteiger partial charge < -0.3 is 14.4 Å². The number of fused-ring (bicyclic) bond motifs is 1. The monoisotopic (exact) mass is 310 g/mol. The molecule has 23 heavy (non-hydrogen) atoms. The van der Waals surface area contributed by atoms with Gasteiger partial charge in [-0.05, 0) is 49.6 Å². The Balaban J connectivity index is 1.58. The van der Waals surface area contributed by atoms with Gasteiger partial charge in [-0.3, -0.25) is 0 Å². The Labute approximate surface area is 136 Å². The third-order valence-corrected chi connectivity index (χ3v) is 3.91. The summed E-state index contributed by atoms with van der Waals surface area (Å²) in [5, 5.41) is 9.53. The fraction of sp³-hybridized carbons (Fsp3) is 0.316. The summed E-state index contributed by atoms with van der Waals surface area (Å²) < 4.78 is 7.82. The lowest BCUT2D eigenvalue weighted by atomic mass is 10.2. The first kappa shape index (κ1) is 15.6. The van der Waals surface area contributed by atoms with Gasteiger partial charge in [0.2, 0.25) is 0 Å². The SMILES string of the molecule is Cc1ccc2c(c1)nc(CO)n2CCCCOc1ccccc1. The van der Waals surface area contributed by atoms with Crippen molar-refractivity contribution in [1.29, 1.82) is 0 Å². The van der Waals surface area contributed by atoms with E-state index in [2.05, 4.69) is 34.7 Å². The zero-order chi connectivity index (χ0) is 16.1. The highest BCUT2D eigenvalue weighted by Crippen LogP contribution is 2.19. The van der Waals surface area contributed by atoms with E-state index in [0.29, 0.717) is 6.61 Å². The quantitative estimate of drug-likeness (QED) is 0.677. The van der Waals surface area contributed by atoms with E-state index in [4.69, 9.17) is 4.74 Å². The average Bonchev–Trinajstić information content (AvgIpc) is 2.92. The highest BCUT2D eigenvalue weighted by atomic mass is 16.5. The molecule has 0 saturated carbocycles. The highest BCUT2D eigenvalue weighted by Gasteiger charge is 2.09. The summed E-state index contributed by atoms with van der Waals surface area (Å²) in [6.45, 7) is 3.56. The standard InChI is InChI=1S/C19H22N2O2/c1-15-9-10-18-17(13-15)20-19(14-22)21(18)11-5-6-12-23-16-7-3-2-4-8-16/h2-4,7-10,13,22H,5-6,11-12,14H2,1H3. The Bertz CT molecular complexity index is 766. The van der Waals surface area contributed by atoms with Gasteiger partial charge in [0.05, 0.1) is 17.6 Å². The lowest BCUT2D eigenvalue weighted by Gasteiger charge is -2.09. The van der Waals surface area contributed by atoms with Crippen molar-refractivity contribution in [2.75, 3.05) is 6.61 Å². The molecule has 0 saturated heterocycles. The molecule has 0 atom stereocenters. The molecule has 0 amide bonds. The number of aryl methyl sites for hydroxylation is 2. The molecular weight excluding hydrogens is 288 g/mol. The van der Waals surface area contributed by atoms with E-state index in [-0.39, 0.29) is 6.61 Å². The van der Waals surface area contributed by atoms with E-state index < -0.39 is 0 Å². The molecule has 0 fully saturated rings. The smallest absolute Gasteiger partial charge is 0.135 e. The minimum atomic E-state index is -0.0335. The second-order valence-corrected chi connectivity index (χ2v) is 5.70. The maximum atomic E-state index is 9.53. The second-order valence-electron chi connectivity index (χ2n) is 5.70. The van der Waals surface area contributed by atoms with Crippen molar-refractivity contribution in [1.82, 2.24) is 9.55 Å². The predicted molar refractivity (Wildman–Crippen MR) is 91.6 cm³/mol. The number of nitrogens with zero attached hydrogens (tertiary/aromatic N) is 2. The van der Waals surface area contributed by atoms with Crippen LogP contribution in [0.5, 0.6) is 5.75 Å². The lowest BCUT2D eigenvalue weighted by Crippen LogP contribution is -2.06. The Morgan fingerprint density at radius 1 is 1.09 bits per heavy atom. The van der Waals surface area contributed by atoms with Crippen molar-refractivity contribution >= 4 is 11.0 Å². The number of ether oxygens (including phenoxy) is 1. The average molecular weight is 310 g/mol. The van der Waals surface area contributed by atoms with Crippen molar-refractivity contribution in [3.63, 3.8) is 0 Å². The van der Waals surface area contributed by atoms with Crippen molar-refractivity contribution in [3.05, 3.63) is 59.9 Å². The van der Waals surface area contributed by atoms with Gasteiger partial charge >= 0.3 is 0 Å². The fourth-order valence-electron chi connectivity index (χ4n) is 2.74. The third kappa shape index (κ3) is 3.71. The number of hydrogen-bond acceptors (Lipinski definition) is 3. The van der Waals surface area contributed by atoms with Crippen LogP contribution in [-0.4, -0.2) is 21.3 Å². The first-order valence-corrected chi connectivity index (χ1v) is 8.02. The Kier molecular flexibility index (Phi) is 4.93. The van der Waals surface area contributed by atoms with Gasteiger partial charge in [-0.15, -0.1) is 0 Å². The number of aromatic nitrogens is 2. The van der Waals surface area contributed by atoms with Crippen LogP contribution >= 0.6 is 0 Å². The maximum Gasteiger partial charge on any atom is 0.135 e. The molecule has 3 aromatic rings. The van der Waals surface area contributed by atoms with Gasteiger partial charge in [0.15, 0.2) is 0 Å². The summed E-state index contributed by atoms with van der Waals surface area (Å²) in [5.41, 5.74) is 3.22. The summed E-state index contributed by atoms with van der Waals surface area (Å²) in [4.78, 5) is 4.52. The summed E-state index contributed by atoms with van der Waals surface area (Å²) in [6.07, 6.45) is 1.95. The normalized spacial score (nSPS) is 11.0. The van der Waals surface area contributed by atoms with E-state index in [9.17, 15) is 5.11 Å². The summed E-state index contributed by atoms with van der Waals surface area (Å²) in [7, 11) is 0. The van der Waals surface area contributed by atoms with Gasteiger partial charge in [0.25, 0.3) is 0 Å². The first-order valence-electron chi connectivity index (χ1n) is 8.02. The second kappa shape index (κ2) is 7.29. The molecule has 1 aromatic heterocycles. The molecule has 0 spiro atoms. The van der Waals surface area contributed by atoms with Crippen molar-refractivity contribution in [2.24, 2.45) is 0 Å². The van der Waals surface area contributed by atoms with E-state index in [1.165, 1.54) is 5.56 Å². The molecular formula is C19H22N2O2. The molecule has 2 aromatic carbocycles. The number of hydrogen-bond donors (Lipinski definition) is 1. The van der Waals surface area contributed by atoms with E-state index in [1.807, 2.05) is 30.3 Å². The Hall–Kier alpha value is -2.33. The van der Waals surface area contributed by atoms with Crippen LogP contribution in [0.3, 0.4) is 0 Å². The van der Waals surface area contributed by atoms with Crippen LogP contribution in [0.1, 0.15) is 24.2 Å². The van der Waals surface area contributed by atoms with E-state index >= 15 is 0 Å². The molecule has 4 heteroatoms. The molecule has 1 N–H and O–H groups in total. The number of para-hydroxylation sites is 1. The summed E-state index contributed by atoms with van der Waals surface area (Å²) in [6, 6.07) is 16.1. The van der Waals surface area contributed by atoms with Crippen LogP contribution in [0.4, 0.5) is 0 Å². The number of rotatable bonds is 7. The van der Waals surface area contributed by atoms with Crippen molar-refractivity contribution < 1.29 is 9.84 Å². The van der Waals surface area contributed by atoms with Crippen LogP contribution in [0.2, 0.25) is 0 Å². The number of aliphatic hydroxyl groups is 1. The maximum absolute atomic E-state index is 9.53. The van der Waals surface area contributed by atoms with Crippen LogP contribution in [0, 0.1) is 6.92 Å². The summed E-state index contributed by atoms with van der Waals surface area (Å²) in [5.74, 6) is 1.64. The number of benzene rings is 2. The minimum Gasteiger partial charge on any atom is -0.494 e. The topological polar surface area (TPSA) is 47.3 Å². The number of unbranched alkanes of at least 4 members (excludes halogenated alkanes) is 1. The fourth-order valence-corrected chi connectivity index (χ4v) is 2.74. The van der Waals surface area contributed by atoms with Gasteiger partial charge in [-0.1, -0.05) is 24.3 Å². The molecule has 120 valence electrons. The molecule has 0 aliphatic rings. The van der Waals surface area contributed by atoms with Gasteiger partial charge in [0.1, 0.15) is 18.2 Å². The van der Waals surface area contributed by atoms with Crippen LogP contribution < -0.4 is 4.74 Å². The molecule has 3 rings (SSSR count). The summed E-state index contributed by atoms with van der Waals surface area (Å²) >= 11 is 0. The van der Waals surface area contributed by atoms with Gasteiger partial charge in [0, 0.05) is 6.54 Å². The van der Waals surface area contributed by atoms with Crippen LogP contribution in [0.15, 0.2) is 48.5 Å². The zero-order valence-corrected chi connectivity index (χ0v) is 13.4. The Morgan fingerprint density at radius 2 is 1.91 bits per heavy atom. The molecule has 4 nitrogen and oxygen atoms in total. The number of imidazole rings is 1. The largest absolute Gasteiger partial charge is 0.494 e. The van der Waals surface area contributed by atoms with E-state index in [0.717, 1.165) is 42.0 Å². The van der Waals surface area contributed by atoms with Gasteiger partial charge in [-0.2, -0.15) is 0 Å². The molecule has 1 heterocycles. The van der Waals surface area contributed by atoms with Gasteiger partial charge in [-0.25, -0.2) is 4.98 Å². The molecule has 0 aliphatic carbocycles. The minimum absolute atomic E-state index is 0.0335. The van der Waals surface area contributed by atoms with Crippen molar-refractivity contribution in [2.45, 2.75) is 32.9 Å². The molecule has 0 aliphatic heterocycles.